The molecule has 1 heterocycles. The predicted octanol–water partition coefficient (Wildman–Crippen LogP) is 1.93. The maximum absolute atomic E-state index is 10.8. The van der Waals surface area contributed by atoms with Crippen LogP contribution >= 0.6 is 0 Å². The second kappa shape index (κ2) is 4.70. The van der Waals surface area contributed by atoms with Crippen molar-refractivity contribution in [3.63, 3.8) is 0 Å². The van der Waals surface area contributed by atoms with E-state index in [0.29, 0.717) is 10.9 Å². The lowest BCUT2D eigenvalue weighted by Crippen LogP contribution is -2.10. The van der Waals surface area contributed by atoms with Crippen LogP contribution in [0.4, 0.5) is 0 Å². The van der Waals surface area contributed by atoms with E-state index in [1.54, 1.807) is 13.0 Å². The fraction of sp³-hybridized carbons (Fsp3) is 0.700. The van der Waals surface area contributed by atoms with Gasteiger partial charge in [0.25, 0.3) is 0 Å². The maximum Gasteiger partial charge on any atom is 0.152 e. The van der Waals surface area contributed by atoms with Crippen LogP contribution < -0.4 is 0 Å². The topological polar surface area (TPSA) is 17.1 Å². The minimum atomic E-state index is 0.190. The predicted molar refractivity (Wildman–Crippen MR) is 55.6 cm³/mol. The molecule has 1 fully saturated rings. The molecule has 0 saturated carbocycles. The number of hydrogen-bond donors (Lipinski definition) is 0. The Hall–Kier alpha value is -0.240. The van der Waals surface area contributed by atoms with Crippen molar-refractivity contribution in [2.75, 3.05) is 17.3 Å². The molecule has 0 N–H and O–H groups in total. The lowest BCUT2D eigenvalue weighted by molar-refractivity contribution is -0.112. The van der Waals surface area contributed by atoms with E-state index in [0.717, 1.165) is 0 Å². The summed E-state index contributed by atoms with van der Waals surface area (Å²) < 4.78 is 0. The first-order valence-corrected chi connectivity index (χ1v) is 6.23. The molecule has 2 heteroatoms. The van der Waals surface area contributed by atoms with Gasteiger partial charge in [0.1, 0.15) is 17.3 Å². The molecule has 1 aliphatic heterocycles. The Morgan fingerprint density at radius 2 is 1.92 bits per heavy atom. The Labute approximate surface area is 77.6 Å². The molecular weight excluding hydrogens is 168 g/mol. The summed E-state index contributed by atoms with van der Waals surface area (Å²) in [6.07, 6.45) is 4.58. The van der Waals surface area contributed by atoms with Gasteiger partial charge in [-0.05, 0) is 49.2 Å². The molecule has 0 unspecified atom stereocenters. The van der Waals surface area contributed by atoms with Crippen molar-refractivity contribution in [1.29, 1.82) is 0 Å². The largest absolute Gasteiger partial charge is 0.295 e. The molecule has 1 aliphatic rings. The molecule has 0 spiro atoms. The van der Waals surface area contributed by atoms with E-state index in [1.165, 1.54) is 35.7 Å². The molecule has 0 aromatic carbocycles. The lowest BCUT2D eigenvalue weighted by atomic mass is 10.3. The van der Waals surface area contributed by atoms with E-state index >= 15 is 0 Å². The third kappa shape index (κ3) is 3.44. The molecule has 0 aromatic rings. The standard InChI is InChI=1S/C10H17OS/c1-9(7-10(2)11)8-12-5-3-4-6-12/h7H,3-6,8H2,1-2H3/q+1/b9-7+. The summed E-state index contributed by atoms with van der Waals surface area (Å²) in [5, 5.41) is 0. The summed E-state index contributed by atoms with van der Waals surface area (Å²) in [7, 11) is 0.606. The van der Waals surface area contributed by atoms with Gasteiger partial charge in [0.15, 0.2) is 5.78 Å². The Kier molecular flexibility index (Phi) is 3.86. The highest BCUT2D eigenvalue weighted by Gasteiger charge is 2.23. The van der Waals surface area contributed by atoms with Crippen LogP contribution in [0.5, 0.6) is 0 Å². The van der Waals surface area contributed by atoms with Crippen LogP contribution in [0.1, 0.15) is 26.7 Å². The molecule has 0 radical (unpaired) electrons. The summed E-state index contributed by atoms with van der Waals surface area (Å²) in [6, 6.07) is 0. The molecule has 0 amide bonds. The second-order valence-corrected chi connectivity index (χ2v) is 5.80. The van der Waals surface area contributed by atoms with Gasteiger partial charge in [-0.1, -0.05) is 0 Å². The third-order valence-electron chi connectivity index (χ3n) is 2.00. The Bertz CT molecular complexity index is 190. The van der Waals surface area contributed by atoms with Crippen LogP contribution in [0.15, 0.2) is 11.6 Å². The van der Waals surface area contributed by atoms with E-state index in [-0.39, 0.29) is 5.78 Å². The van der Waals surface area contributed by atoms with Crippen molar-refractivity contribution in [3.05, 3.63) is 11.6 Å². The van der Waals surface area contributed by atoms with Gasteiger partial charge < -0.3 is 0 Å². The van der Waals surface area contributed by atoms with Gasteiger partial charge in [0, 0.05) is 0 Å². The van der Waals surface area contributed by atoms with E-state index in [2.05, 4.69) is 6.92 Å². The molecule has 0 bridgehead atoms. The lowest BCUT2D eigenvalue weighted by Gasteiger charge is -1.99. The second-order valence-electron chi connectivity index (χ2n) is 3.47. The minimum absolute atomic E-state index is 0.190. The fourth-order valence-electron chi connectivity index (χ4n) is 1.57. The first kappa shape index (κ1) is 9.85. The maximum atomic E-state index is 10.8. The Balaban J connectivity index is 2.34. The average Bonchev–Trinajstić information content (AvgIpc) is 2.37. The number of carbonyl (C=O) groups is 1. The van der Waals surface area contributed by atoms with Crippen molar-refractivity contribution < 1.29 is 4.79 Å². The van der Waals surface area contributed by atoms with Gasteiger partial charge in [-0.2, -0.15) is 0 Å². The Morgan fingerprint density at radius 1 is 1.33 bits per heavy atom. The van der Waals surface area contributed by atoms with E-state index in [4.69, 9.17) is 0 Å². The number of ketones is 1. The molecule has 1 nitrogen and oxygen atoms in total. The highest BCUT2D eigenvalue weighted by atomic mass is 32.2. The molecule has 0 aliphatic carbocycles. The summed E-state index contributed by atoms with van der Waals surface area (Å²) in [5.41, 5.74) is 1.27. The van der Waals surface area contributed by atoms with Gasteiger partial charge in [-0.15, -0.1) is 0 Å². The van der Waals surface area contributed by atoms with Crippen molar-refractivity contribution in [2.24, 2.45) is 0 Å². The van der Waals surface area contributed by atoms with Crippen molar-refractivity contribution >= 4 is 16.7 Å². The Morgan fingerprint density at radius 3 is 2.42 bits per heavy atom. The molecular formula is C10H17OS+. The van der Waals surface area contributed by atoms with Crippen LogP contribution in [0.3, 0.4) is 0 Å². The highest BCUT2D eigenvalue weighted by Crippen LogP contribution is 2.15. The van der Waals surface area contributed by atoms with E-state index in [9.17, 15) is 4.79 Å². The normalized spacial score (nSPS) is 20.0. The summed E-state index contributed by atoms with van der Waals surface area (Å²) in [6.45, 7) is 3.70. The summed E-state index contributed by atoms with van der Waals surface area (Å²) >= 11 is 0. The van der Waals surface area contributed by atoms with Crippen molar-refractivity contribution in [2.45, 2.75) is 26.7 Å². The van der Waals surface area contributed by atoms with Gasteiger partial charge in [0.05, 0.1) is 0 Å². The zero-order valence-corrected chi connectivity index (χ0v) is 8.75. The monoisotopic (exact) mass is 185 g/mol. The first-order valence-electron chi connectivity index (χ1n) is 4.50. The zero-order chi connectivity index (χ0) is 8.97. The van der Waals surface area contributed by atoms with Crippen LogP contribution in [-0.2, 0) is 15.7 Å². The smallest absolute Gasteiger partial charge is 0.152 e. The molecule has 1 saturated heterocycles. The average molecular weight is 185 g/mol. The van der Waals surface area contributed by atoms with E-state index in [1.807, 2.05) is 0 Å². The SMILES string of the molecule is CC(=O)/C=C(\C)C[S+]1CCCC1. The minimum Gasteiger partial charge on any atom is -0.295 e. The first-order chi connectivity index (χ1) is 5.68. The number of allylic oxidation sites excluding steroid dienone is 1. The number of carbonyl (C=O) groups excluding carboxylic acids is 1. The van der Waals surface area contributed by atoms with Crippen molar-refractivity contribution in [3.8, 4) is 0 Å². The zero-order valence-electron chi connectivity index (χ0n) is 7.93. The molecule has 0 atom stereocenters. The molecule has 12 heavy (non-hydrogen) atoms. The highest BCUT2D eigenvalue weighted by molar-refractivity contribution is 7.97. The quantitative estimate of drug-likeness (QED) is 0.485. The van der Waals surface area contributed by atoms with Gasteiger partial charge in [-0.3, -0.25) is 4.79 Å². The molecule has 0 aromatic heterocycles. The van der Waals surface area contributed by atoms with Gasteiger partial charge in [-0.25, -0.2) is 0 Å². The van der Waals surface area contributed by atoms with Crippen LogP contribution in [0, 0.1) is 0 Å². The fourth-order valence-corrected chi connectivity index (χ4v) is 4.01. The third-order valence-corrected chi connectivity index (χ3v) is 4.59. The van der Waals surface area contributed by atoms with Crippen LogP contribution in [0.25, 0.3) is 0 Å². The van der Waals surface area contributed by atoms with Crippen molar-refractivity contribution in [1.82, 2.24) is 0 Å². The summed E-state index contributed by atoms with van der Waals surface area (Å²) in [4.78, 5) is 10.8. The molecule has 68 valence electrons. The van der Waals surface area contributed by atoms with E-state index < -0.39 is 0 Å². The summed E-state index contributed by atoms with van der Waals surface area (Å²) in [5.74, 6) is 4.14. The van der Waals surface area contributed by atoms with Gasteiger partial charge >= 0.3 is 0 Å². The number of rotatable bonds is 3. The molecule has 1 rings (SSSR count). The van der Waals surface area contributed by atoms with Crippen LogP contribution in [-0.4, -0.2) is 23.0 Å². The number of hydrogen-bond acceptors (Lipinski definition) is 1. The van der Waals surface area contributed by atoms with Crippen LogP contribution in [0.2, 0.25) is 0 Å². The van der Waals surface area contributed by atoms with Gasteiger partial charge in [0.2, 0.25) is 0 Å².